The molecule has 0 unspecified atom stereocenters. The molecule has 3 heterocycles. The molecule has 0 amide bonds. The Morgan fingerprint density at radius 2 is 1.85 bits per heavy atom. The van der Waals surface area contributed by atoms with Crippen LogP contribution in [0.3, 0.4) is 0 Å². The van der Waals surface area contributed by atoms with Gasteiger partial charge in [0, 0.05) is 31.7 Å². The molecule has 212 valence electrons. The number of halogens is 2. The monoisotopic (exact) mass is 543 g/mol. The van der Waals surface area contributed by atoms with Gasteiger partial charge in [-0.3, -0.25) is 4.57 Å². The number of ether oxygens (including phenoxy) is 1. The second-order valence-electron chi connectivity index (χ2n) is 11.4. The summed E-state index contributed by atoms with van der Waals surface area (Å²) in [7, 11) is 0. The van der Waals surface area contributed by atoms with Crippen LogP contribution in [0.15, 0.2) is 30.3 Å². The normalized spacial score (nSPS) is 22.5. The van der Waals surface area contributed by atoms with Crippen LogP contribution in [0, 0.1) is 5.92 Å². The molecule has 2 fully saturated rings. The zero-order valence-corrected chi connectivity index (χ0v) is 22.9. The van der Waals surface area contributed by atoms with Gasteiger partial charge in [-0.15, -0.1) is 0 Å². The first-order chi connectivity index (χ1) is 18.7. The molecule has 1 saturated carbocycles. The van der Waals surface area contributed by atoms with Gasteiger partial charge in [-0.2, -0.15) is 9.97 Å². The number of fused-ring (bicyclic) bond motifs is 1. The van der Waals surface area contributed by atoms with Crippen molar-refractivity contribution >= 4 is 22.8 Å². The molecular formula is C28H39F2N7O2. The zero-order chi connectivity index (χ0) is 27.6. The number of hydrogen-bond acceptors (Lipinski definition) is 8. The number of para-hydroxylation sites is 2. The summed E-state index contributed by atoms with van der Waals surface area (Å²) < 4.78 is 35.3. The van der Waals surface area contributed by atoms with Gasteiger partial charge in [0.15, 0.2) is 5.82 Å². The van der Waals surface area contributed by atoms with E-state index in [1.165, 1.54) is 4.57 Å². The number of nitrogens with zero attached hydrogens (tertiary/aromatic N) is 5. The number of imidazole rings is 1. The molecule has 3 aromatic rings. The van der Waals surface area contributed by atoms with Gasteiger partial charge < -0.3 is 25.4 Å². The number of rotatable bonds is 9. The van der Waals surface area contributed by atoms with E-state index < -0.39 is 12.0 Å². The predicted octanol–water partition coefficient (Wildman–Crippen LogP) is 4.31. The molecule has 11 heteroatoms. The molecule has 9 nitrogen and oxygen atoms in total. The van der Waals surface area contributed by atoms with Crippen molar-refractivity contribution in [2.45, 2.75) is 70.6 Å². The summed E-state index contributed by atoms with van der Waals surface area (Å²) in [4.78, 5) is 15.9. The average molecular weight is 544 g/mol. The highest BCUT2D eigenvalue weighted by molar-refractivity contribution is 5.78. The fraction of sp³-hybridized carbons (Fsp3) is 0.607. The van der Waals surface area contributed by atoms with Crippen molar-refractivity contribution in [3.05, 3.63) is 36.2 Å². The van der Waals surface area contributed by atoms with E-state index in [1.54, 1.807) is 24.3 Å². The number of alkyl halides is 2. The van der Waals surface area contributed by atoms with Gasteiger partial charge in [0.05, 0.1) is 35.9 Å². The van der Waals surface area contributed by atoms with E-state index in [0.717, 1.165) is 25.7 Å². The Labute approximate surface area is 228 Å². The molecule has 1 atom stereocenters. The summed E-state index contributed by atoms with van der Waals surface area (Å²) in [5.41, 5.74) is 0.355. The summed E-state index contributed by atoms with van der Waals surface area (Å²) in [5.74, 6) is 1.58. The molecule has 5 rings (SSSR count). The average Bonchev–Trinajstić information content (AvgIpc) is 3.31. The minimum atomic E-state index is -2.75. The van der Waals surface area contributed by atoms with Gasteiger partial charge in [-0.05, 0) is 64.5 Å². The zero-order valence-electron chi connectivity index (χ0n) is 22.9. The number of benzene rings is 1. The van der Waals surface area contributed by atoms with Crippen molar-refractivity contribution in [1.29, 1.82) is 0 Å². The van der Waals surface area contributed by atoms with Gasteiger partial charge in [-0.1, -0.05) is 12.1 Å². The van der Waals surface area contributed by atoms with Crippen molar-refractivity contribution < 1.29 is 18.6 Å². The van der Waals surface area contributed by atoms with Gasteiger partial charge in [0.25, 0.3) is 6.43 Å². The van der Waals surface area contributed by atoms with Crippen molar-refractivity contribution in [3.8, 4) is 5.82 Å². The predicted molar refractivity (Wildman–Crippen MR) is 148 cm³/mol. The number of hydrogen-bond donors (Lipinski definition) is 3. The standard InChI is InChI=1S/C28H39F2N7O2/c1-18-16-39-13-12-36(18)23-14-24(37-22-7-5-4-6-21(22)33-26(37)25(29)30)35-27(34-23)31-15-19-8-10-20(11-9-19)32-17-28(2,3)38/h4-7,14,18-20,25,32,38H,8-13,15-17H2,1-3H3,(H,31,34,35)/t18-,19-,20-/m1/s1. The first-order valence-electron chi connectivity index (χ1n) is 13.9. The van der Waals surface area contributed by atoms with E-state index in [-0.39, 0.29) is 11.9 Å². The number of aromatic nitrogens is 4. The van der Waals surface area contributed by atoms with E-state index in [1.807, 2.05) is 19.9 Å². The number of morpholine rings is 1. The van der Waals surface area contributed by atoms with Crippen LogP contribution in [0.2, 0.25) is 0 Å². The summed E-state index contributed by atoms with van der Waals surface area (Å²) >= 11 is 0. The highest BCUT2D eigenvalue weighted by Gasteiger charge is 2.26. The molecule has 0 radical (unpaired) electrons. The quantitative estimate of drug-likeness (QED) is 0.367. The Kier molecular flexibility index (Phi) is 8.29. The Hall–Kier alpha value is -2.89. The van der Waals surface area contributed by atoms with Crippen molar-refractivity contribution in [2.24, 2.45) is 5.92 Å². The summed E-state index contributed by atoms with van der Waals surface area (Å²) in [6.07, 6.45) is 1.42. The smallest absolute Gasteiger partial charge is 0.296 e. The van der Waals surface area contributed by atoms with Crippen LogP contribution in [0.1, 0.15) is 58.7 Å². The Morgan fingerprint density at radius 1 is 1.10 bits per heavy atom. The van der Waals surface area contributed by atoms with E-state index in [2.05, 4.69) is 27.4 Å². The maximum Gasteiger partial charge on any atom is 0.296 e. The van der Waals surface area contributed by atoms with Gasteiger partial charge in [0.1, 0.15) is 11.6 Å². The number of anilines is 2. The van der Waals surface area contributed by atoms with Crippen LogP contribution >= 0.6 is 0 Å². The molecular weight excluding hydrogens is 504 g/mol. The molecule has 3 N–H and O–H groups in total. The lowest BCUT2D eigenvalue weighted by Crippen LogP contribution is -2.44. The van der Waals surface area contributed by atoms with Crippen LogP contribution in [0.5, 0.6) is 0 Å². The molecule has 0 bridgehead atoms. The third-order valence-corrected chi connectivity index (χ3v) is 7.59. The molecule has 1 aliphatic heterocycles. The van der Waals surface area contributed by atoms with Gasteiger partial charge in [0.2, 0.25) is 5.95 Å². The first kappa shape index (κ1) is 27.7. The van der Waals surface area contributed by atoms with Crippen LogP contribution in [0.4, 0.5) is 20.5 Å². The molecule has 2 aliphatic rings. The lowest BCUT2D eigenvalue weighted by Gasteiger charge is -2.34. The number of nitrogens with one attached hydrogen (secondary N) is 2. The molecule has 1 saturated heterocycles. The minimum absolute atomic E-state index is 0.0927. The number of aliphatic hydroxyl groups is 1. The van der Waals surface area contributed by atoms with E-state index >= 15 is 0 Å². The van der Waals surface area contributed by atoms with E-state index in [9.17, 15) is 13.9 Å². The van der Waals surface area contributed by atoms with Crippen LogP contribution in [-0.4, -0.2) is 75.2 Å². The lowest BCUT2D eigenvalue weighted by molar-refractivity contribution is 0.0736. The second kappa shape index (κ2) is 11.7. The van der Waals surface area contributed by atoms with Crippen LogP contribution in [-0.2, 0) is 4.74 Å². The van der Waals surface area contributed by atoms with Crippen molar-refractivity contribution in [2.75, 3.05) is 43.1 Å². The third-order valence-electron chi connectivity index (χ3n) is 7.59. The summed E-state index contributed by atoms with van der Waals surface area (Å²) in [5, 5.41) is 16.9. The fourth-order valence-corrected chi connectivity index (χ4v) is 5.46. The fourth-order valence-electron chi connectivity index (χ4n) is 5.46. The molecule has 0 spiro atoms. The van der Waals surface area contributed by atoms with Gasteiger partial charge >= 0.3 is 0 Å². The third kappa shape index (κ3) is 6.64. The Morgan fingerprint density at radius 3 is 2.56 bits per heavy atom. The maximum absolute atomic E-state index is 14.1. The Balaban J connectivity index is 1.39. The molecule has 1 aliphatic carbocycles. The van der Waals surface area contributed by atoms with E-state index in [4.69, 9.17) is 14.7 Å². The highest BCUT2D eigenvalue weighted by Crippen LogP contribution is 2.30. The van der Waals surface area contributed by atoms with Crippen LogP contribution < -0.4 is 15.5 Å². The molecule has 2 aromatic heterocycles. The summed E-state index contributed by atoms with van der Waals surface area (Å²) in [6, 6.07) is 9.39. The second-order valence-corrected chi connectivity index (χ2v) is 11.4. The van der Waals surface area contributed by atoms with Crippen molar-refractivity contribution in [1.82, 2.24) is 24.8 Å². The molecule has 39 heavy (non-hydrogen) atoms. The van der Waals surface area contributed by atoms with E-state index in [0.29, 0.717) is 73.4 Å². The van der Waals surface area contributed by atoms with Gasteiger partial charge in [-0.25, -0.2) is 13.8 Å². The van der Waals surface area contributed by atoms with Crippen molar-refractivity contribution in [3.63, 3.8) is 0 Å². The Bertz CT molecular complexity index is 1250. The maximum atomic E-state index is 14.1. The van der Waals surface area contributed by atoms with Crippen LogP contribution in [0.25, 0.3) is 16.9 Å². The topological polar surface area (TPSA) is 100 Å². The summed E-state index contributed by atoms with van der Waals surface area (Å²) in [6.45, 7) is 8.77. The lowest BCUT2D eigenvalue weighted by atomic mass is 9.86. The first-order valence-corrected chi connectivity index (χ1v) is 13.9. The highest BCUT2D eigenvalue weighted by atomic mass is 19.3. The minimum Gasteiger partial charge on any atom is -0.389 e. The SMILES string of the molecule is C[C@@H]1COCCN1c1cc(-n2c(C(F)F)nc3ccccc32)nc(NC[C@H]2CC[C@H](NCC(C)(C)O)CC2)n1. The molecule has 1 aromatic carbocycles. The largest absolute Gasteiger partial charge is 0.389 e.